The highest BCUT2D eigenvalue weighted by Gasteiger charge is 2.54. The molecule has 0 nitrogen and oxygen atoms in total. The second-order valence-corrected chi connectivity index (χ2v) is 17.6. The summed E-state index contributed by atoms with van der Waals surface area (Å²) >= 11 is 0. The van der Waals surface area contributed by atoms with E-state index in [1.807, 2.05) is 0 Å². The highest BCUT2D eigenvalue weighted by molar-refractivity contribution is 5.91. The number of fused-ring (bicyclic) bond motifs is 7. The van der Waals surface area contributed by atoms with Gasteiger partial charge in [0.25, 0.3) is 0 Å². The van der Waals surface area contributed by atoms with Crippen LogP contribution < -0.4 is 0 Å². The van der Waals surface area contributed by atoms with Crippen LogP contribution in [-0.4, -0.2) is 0 Å². The van der Waals surface area contributed by atoms with Gasteiger partial charge >= 0.3 is 0 Å². The zero-order valence-electron chi connectivity index (χ0n) is 33.5. The van der Waals surface area contributed by atoms with Crippen molar-refractivity contribution in [3.8, 4) is 11.1 Å². The molecule has 4 atom stereocenters. The van der Waals surface area contributed by atoms with Crippen molar-refractivity contribution in [2.24, 2.45) is 17.8 Å². The molecule has 0 amide bonds. The van der Waals surface area contributed by atoms with Crippen LogP contribution >= 0.6 is 0 Å². The number of allylic oxidation sites excluding steroid dienone is 20. The first-order valence-corrected chi connectivity index (χ1v) is 22.1. The molecule has 0 fully saturated rings. The molecule has 0 saturated heterocycles. The lowest BCUT2D eigenvalue weighted by Crippen LogP contribution is -2.29. The third-order valence-electron chi connectivity index (χ3n) is 14.4. The average molecular weight is 749 g/mol. The van der Waals surface area contributed by atoms with E-state index in [2.05, 4.69) is 176 Å². The van der Waals surface area contributed by atoms with Crippen molar-refractivity contribution >= 4 is 11.1 Å². The summed E-state index contributed by atoms with van der Waals surface area (Å²) in [5.41, 5.74) is 22.3. The summed E-state index contributed by atoms with van der Waals surface area (Å²) in [6, 6.07) is 40.9. The first kappa shape index (κ1) is 35.4. The fourth-order valence-electron chi connectivity index (χ4n) is 11.9. The zero-order valence-corrected chi connectivity index (χ0v) is 33.5. The monoisotopic (exact) mass is 748 g/mol. The minimum absolute atomic E-state index is 0.168. The second-order valence-electron chi connectivity index (χ2n) is 17.6. The molecule has 7 aliphatic carbocycles. The van der Waals surface area contributed by atoms with Gasteiger partial charge in [-0.3, -0.25) is 0 Å². The molecule has 0 N–H and O–H groups in total. The Kier molecular flexibility index (Phi) is 9.10. The van der Waals surface area contributed by atoms with Crippen LogP contribution in [0.5, 0.6) is 0 Å². The fraction of sp³-hybridized carbons (Fsp3) is 0.241. The molecule has 7 aliphatic rings. The third kappa shape index (κ3) is 5.95. The molecule has 0 aliphatic heterocycles. The Balaban J connectivity index is 0.998. The van der Waals surface area contributed by atoms with E-state index in [0.717, 1.165) is 57.8 Å². The van der Waals surface area contributed by atoms with Gasteiger partial charge in [-0.1, -0.05) is 176 Å². The topological polar surface area (TPSA) is 0 Å². The Morgan fingerprint density at radius 2 is 1.24 bits per heavy atom. The van der Waals surface area contributed by atoms with Gasteiger partial charge < -0.3 is 0 Å². The Morgan fingerprint density at radius 1 is 0.569 bits per heavy atom. The SMILES string of the molecule is C1=CCCC(C2=CC(c3ccccc3)=CC(C(Cc3ccccc3-c3ccccc3)CC3C=CC4=C(C3)C3=C(C=CCC3)C43C4=C(CCC=C4)c4ccccc43)C2)=C1. The van der Waals surface area contributed by atoms with E-state index in [1.165, 1.54) is 56.5 Å². The van der Waals surface area contributed by atoms with Crippen molar-refractivity contribution in [1.82, 2.24) is 0 Å². The minimum Gasteiger partial charge on any atom is -0.0842 e. The molecular weight excluding hydrogens is 697 g/mol. The van der Waals surface area contributed by atoms with E-state index in [9.17, 15) is 0 Å². The molecule has 284 valence electrons. The largest absolute Gasteiger partial charge is 0.0842 e. The van der Waals surface area contributed by atoms with Gasteiger partial charge in [-0.2, -0.15) is 0 Å². The lowest BCUT2D eigenvalue weighted by Gasteiger charge is -2.36. The van der Waals surface area contributed by atoms with Gasteiger partial charge in [0.15, 0.2) is 0 Å². The third-order valence-corrected chi connectivity index (χ3v) is 14.4. The second kappa shape index (κ2) is 14.9. The molecule has 1 spiro atoms. The summed E-state index contributed by atoms with van der Waals surface area (Å²) in [5, 5.41) is 0. The molecule has 4 unspecified atom stereocenters. The molecule has 11 rings (SSSR count). The van der Waals surface area contributed by atoms with Crippen LogP contribution in [0.1, 0.15) is 80.0 Å². The first-order valence-electron chi connectivity index (χ1n) is 22.1. The van der Waals surface area contributed by atoms with Crippen LogP contribution in [-0.2, 0) is 11.8 Å². The molecule has 0 radical (unpaired) electrons. The highest BCUT2D eigenvalue weighted by Crippen LogP contribution is 2.65. The summed E-state index contributed by atoms with van der Waals surface area (Å²) in [5.74, 6) is 1.38. The lowest BCUT2D eigenvalue weighted by molar-refractivity contribution is 0.322. The van der Waals surface area contributed by atoms with Crippen molar-refractivity contribution in [3.05, 3.63) is 237 Å². The maximum atomic E-state index is 2.67. The Bertz CT molecular complexity index is 2600. The maximum Gasteiger partial charge on any atom is 0.0715 e. The zero-order chi connectivity index (χ0) is 38.5. The smallest absolute Gasteiger partial charge is 0.0715 e. The molecule has 4 aromatic carbocycles. The summed E-state index contributed by atoms with van der Waals surface area (Å²) in [4.78, 5) is 0. The van der Waals surface area contributed by atoms with E-state index in [-0.39, 0.29) is 5.41 Å². The summed E-state index contributed by atoms with van der Waals surface area (Å²) in [6.07, 6.45) is 38.7. The standard InChI is InChI=1S/C58H52/c1-4-18-41(19-5-1)46-37-47(42-20-6-2-7-21-42)39-48(38-46)45(36-44-24-10-11-25-49(44)43-22-8-3-9-23-43)34-40-32-33-57-53(35-40)52-28-14-17-31-56(52)58(57)54-29-15-12-26-50(54)51-27-13-16-30-55(51)58/h1-6,8-12,15-20,22-26,29-33,37-38,40,45,48H,7,13-14,21,27-28,34-36,39H2. The number of benzene rings is 4. The van der Waals surface area contributed by atoms with Gasteiger partial charge in [-0.15, -0.1) is 0 Å². The van der Waals surface area contributed by atoms with Crippen molar-refractivity contribution < 1.29 is 0 Å². The Labute approximate surface area is 345 Å². The van der Waals surface area contributed by atoms with Gasteiger partial charge in [-0.25, -0.2) is 0 Å². The van der Waals surface area contributed by atoms with Gasteiger partial charge in [0.2, 0.25) is 0 Å². The fourth-order valence-corrected chi connectivity index (χ4v) is 11.9. The molecular formula is C58H52. The molecule has 58 heavy (non-hydrogen) atoms. The summed E-state index contributed by atoms with van der Waals surface area (Å²) in [6.45, 7) is 0. The average Bonchev–Trinajstić information content (AvgIpc) is 3.77. The Hall–Kier alpha value is -5.72. The number of hydrogen-bond donors (Lipinski definition) is 0. The van der Waals surface area contributed by atoms with Crippen LogP contribution in [0.15, 0.2) is 215 Å². The number of hydrogen-bond acceptors (Lipinski definition) is 0. The molecule has 0 heteroatoms. The molecule has 4 aromatic rings. The van der Waals surface area contributed by atoms with Crippen LogP contribution in [0.2, 0.25) is 0 Å². The molecule has 0 bridgehead atoms. The summed E-state index contributed by atoms with van der Waals surface area (Å²) < 4.78 is 0. The van der Waals surface area contributed by atoms with E-state index in [1.54, 1.807) is 33.4 Å². The van der Waals surface area contributed by atoms with Crippen LogP contribution in [0.25, 0.3) is 22.3 Å². The van der Waals surface area contributed by atoms with Crippen molar-refractivity contribution in [3.63, 3.8) is 0 Å². The van der Waals surface area contributed by atoms with E-state index in [4.69, 9.17) is 0 Å². The quantitative estimate of drug-likeness (QED) is 0.168. The predicted molar refractivity (Wildman–Crippen MR) is 244 cm³/mol. The number of rotatable bonds is 8. The Morgan fingerprint density at radius 3 is 2.03 bits per heavy atom. The van der Waals surface area contributed by atoms with Crippen molar-refractivity contribution in [1.29, 1.82) is 0 Å². The van der Waals surface area contributed by atoms with Gasteiger partial charge in [0, 0.05) is 0 Å². The predicted octanol–water partition coefficient (Wildman–Crippen LogP) is 14.8. The normalized spacial score (nSPS) is 24.7. The van der Waals surface area contributed by atoms with Crippen molar-refractivity contribution in [2.75, 3.05) is 0 Å². The van der Waals surface area contributed by atoms with Crippen LogP contribution in [0.4, 0.5) is 0 Å². The van der Waals surface area contributed by atoms with E-state index in [0.29, 0.717) is 17.8 Å². The van der Waals surface area contributed by atoms with Gasteiger partial charge in [0.1, 0.15) is 0 Å². The molecule has 0 heterocycles. The van der Waals surface area contributed by atoms with E-state index < -0.39 is 0 Å². The van der Waals surface area contributed by atoms with Crippen LogP contribution in [0.3, 0.4) is 0 Å². The highest BCUT2D eigenvalue weighted by atomic mass is 14.6. The van der Waals surface area contributed by atoms with Crippen molar-refractivity contribution in [2.45, 2.75) is 69.6 Å². The first-order chi connectivity index (χ1) is 28.8. The van der Waals surface area contributed by atoms with E-state index >= 15 is 0 Å². The molecule has 0 saturated carbocycles. The molecule has 0 aromatic heterocycles. The van der Waals surface area contributed by atoms with Gasteiger partial charge in [-0.05, 0) is 166 Å². The minimum atomic E-state index is -0.168. The summed E-state index contributed by atoms with van der Waals surface area (Å²) in [7, 11) is 0. The lowest BCUT2D eigenvalue weighted by atomic mass is 9.65. The van der Waals surface area contributed by atoms with Crippen LogP contribution in [0, 0.1) is 17.8 Å². The maximum absolute atomic E-state index is 2.67. The van der Waals surface area contributed by atoms with Gasteiger partial charge in [0.05, 0.1) is 5.41 Å².